The molecule has 3 saturated carbocycles. The Morgan fingerprint density at radius 3 is 2.57 bits per heavy atom. The average Bonchev–Trinajstić information content (AvgIpc) is 3.03. The van der Waals surface area contributed by atoms with Gasteiger partial charge in [0.25, 0.3) is 0 Å². The summed E-state index contributed by atoms with van der Waals surface area (Å²) in [6.07, 6.45) is 12.5. The zero-order valence-corrected chi connectivity index (χ0v) is 9.54. The zero-order chi connectivity index (χ0) is 9.54. The minimum atomic E-state index is 1.08. The Labute approximate surface area is 88.5 Å². The molecule has 0 saturated heterocycles. The smallest absolute Gasteiger partial charge is 0.0355 e. The van der Waals surface area contributed by atoms with Crippen molar-refractivity contribution in [3.05, 3.63) is 0 Å². The largest absolute Gasteiger partial charge is 0.0622 e. The van der Waals surface area contributed by atoms with Crippen molar-refractivity contribution >= 4 is 0 Å². The molecule has 0 nitrogen and oxygen atoms in total. The maximum atomic E-state index is 2.42. The maximum absolute atomic E-state index is 2.42. The van der Waals surface area contributed by atoms with E-state index in [1.807, 2.05) is 0 Å². The third-order valence-electron chi connectivity index (χ3n) is 5.16. The van der Waals surface area contributed by atoms with E-state index in [1.54, 1.807) is 44.9 Å². The highest BCUT2D eigenvalue weighted by Gasteiger charge is 2.44. The van der Waals surface area contributed by atoms with Crippen LogP contribution in [0.3, 0.4) is 0 Å². The molecular weight excluding hydrogens is 168 g/mol. The number of hydrogen-bond acceptors (Lipinski definition) is 0. The molecule has 0 radical (unpaired) electrons. The van der Waals surface area contributed by atoms with Gasteiger partial charge >= 0.3 is 0 Å². The molecule has 0 aliphatic heterocycles. The minimum absolute atomic E-state index is 1.08. The van der Waals surface area contributed by atoms with Crippen LogP contribution in [0.25, 0.3) is 0 Å². The van der Waals surface area contributed by atoms with Crippen molar-refractivity contribution < 1.29 is 0 Å². The monoisotopic (exact) mass is 192 g/mol. The fourth-order valence-corrected chi connectivity index (χ4v) is 3.84. The van der Waals surface area contributed by atoms with Gasteiger partial charge in [-0.25, -0.2) is 0 Å². The van der Waals surface area contributed by atoms with Crippen LogP contribution in [0.15, 0.2) is 0 Å². The van der Waals surface area contributed by atoms with E-state index >= 15 is 0 Å². The van der Waals surface area contributed by atoms with Gasteiger partial charge in [0.2, 0.25) is 0 Å². The first-order valence-corrected chi connectivity index (χ1v) is 6.84. The summed E-state index contributed by atoms with van der Waals surface area (Å²) in [6, 6.07) is 0. The van der Waals surface area contributed by atoms with Crippen LogP contribution >= 0.6 is 0 Å². The fourth-order valence-electron chi connectivity index (χ4n) is 3.84. The van der Waals surface area contributed by atoms with Gasteiger partial charge in [0.1, 0.15) is 0 Å². The summed E-state index contributed by atoms with van der Waals surface area (Å²) in [5, 5.41) is 0. The molecule has 3 aliphatic rings. The molecule has 0 amide bonds. The molecular formula is C14H24. The standard InChI is InChI=1S/C14H24/c1-10-8-12(10)6-2-4-11-5-3-7-13-9-14(11)13/h10-14H,2-9H2,1H3/t10-,11-,12+,13-,14-/m0/s1. The van der Waals surface area contributed by atoms with Crippen LogP contribution in [0.5, 0.6) is 0 Å². The molecule has 0 aromatic heterocycles. The van der Waals surface area contributed by atoms with Crippen molar-refractivity contribution in [1.29, 1.82) is 0 Å². The van der Waals surface area contributed by atoms with Gasteiger partial charge in [-0.15, -0.1) is 0 Å². The van der Waals surface area contributed by atoms with Crippen molar-refractivity contribution in [3.63, 3.8) is 0 Å². The van der Waals surface area contributed by atoms with Crippen molar-refractivity contribution in [1.82, 2.24) is 0 Å². The van der Waals surface area contributed by atoms with Gasteiger partial charge in [-0.3, -0.25) is 0 Å². The predicted octanol–water partition coefficient (Wildman–Crippen LogP) is 4.25. The molecule has 0 unspecified atom stereocenters. The fraction of sp³-hybridized carbons (Fsp3) is 1.00. The van der Waals surface area contributed by atoms with E-state index in [-0.39, 0.29) is 0 Å². The molecule has 0 heterocycles. The van der Waals surface area contributed by atoms with Crippen molar-refractivity contribution in [2.24, 2.45) is 29.6 Å². The third-order valence-corrected chi connectivity index (χ3v) is 5.16. The summed E-state index contributed by atoms with van der Waals surface area (Å²) in [7, 11) is 0. The molecule has 80 valence electrons. The van der Waals surface area contributed by atoms with E-state index in [1.165, 1.54) is 18.3 Å². The highest BCUT2D eigenvalue weighted by atomic mass is 14.5. The second-order valence-corrected chi connectivity index (χ2v) is 6.25. The highest BCUT2D eigenvalue weighted by Crippen LogP contribution is 2.54. The van der Waals surface area contributed by atoms with Crippen LogP contribution in [-0.4, -0.2) is 0 Å². The normalized spacial score (nSPS) is 49.9. The first-order chi connectivity index (χ1) is 6.84. The van der Waals surface area contributed by atoms with Gasteiger partial charge in [-0.2, -0.15) is 0 Å². The molecule has 0 aromatic carbocycles. The summed E-state index contributed by atoms with van der Waals surface area (Å²) < 4.78 is 0. The molecule has 3 rings (SSSR count). The van der Waals surface area contributed by atoms with E-state index in [0.717, 1.165) is 17.8 Å². The number of rotatable bonds is 4. The van der Waals surface area contributed by atoms with Crippen molar-refractivity contribution in [2.45, 2.75) is 58.3 Å². The quantitative estimate of drug-likeness (QED) is 0.624. The topological polar surface area (TPSA) is 0 Å². The van der Waals surface area contributed by atoms with E-state index < -0.39 is 0 Å². The molecule has 5 atom stereocenters. The summed E-state index contributed by atoms with van der Waals surface area (Å²) in [5.41, 5.74) is 0. The molecule has 0 bridgehead atoms. The van der Waals surface area contributed by atoms with Crippen LogP contribution in [-0.2, 0) is 0 Å². The molecule has 3 fully saturated rings. The number of fused-ring (bicyclic) bond motifs is 1. The van der Waals surface area contributed by atoms with E-state index in [2.05, 4.69) is 6.92 Å². The Hall–Kier alpha value is 0. The molecule has 0 N–H and O–H groups in total. The second-order valence-electron chi connectivity index (χ2n) is 6.25. The van der Waals surface area contributed by atoms with Crippen LogP contribution in [0.4, 0.5) is 0 Å². The molecule has 0 aromatic rings. The maximum Gasteiger partial charge on any atom is -0.0355 e. The zero-order valence-electron chi connectivity index (χ0n) is 9.54. The lowest BCUT2D eigenvalue weighted by molar-refractivity contribution is 0.306. The molecule has 3 aliphatic carbocycles. The van der Waals surface area contributed by atoms with E-state index in [9.17, 15) is 0 Å². The predicted molar refractivity (Wildman–Crippen MR) is 60.1 cm³/mol. The average molecular weight is 192 g/mol. The van der Waals surface area contributed by atoms with Gasteiger partial charge in [-0.1, -0.05) is 45.4 Å². The van der Waals surface area contributed by atoms with Gasteiger partial charge < -0.3 is 0 Å². The summed E-state index contributed by atoms with van der Waals surface area (Å²) >= 11 is 0. The van der Waals surface area contributed by atoms with Gasteiger partial charge in [0.05, 0.1) is 0 Å². The summed E-state index contributed by atoms with van der Waals surface area (Å²) in [4.78, 5) is 0. The second kappa shape index (κ2) is 3.54. The van der Waals surface area contributed by atoms with E-state index in [4.69, 9.17) is 0 Å². The van der Waals surface area contributed by atoms with Gasteiger partial charge in [0, 0.05) is 0 Å². The third kappa shape index (κ3) is 1.85. The van der Waals surface area contributed by atoms with Crippen LogP contribution in [0.2, 0.25) is 0 Å². The van der Waals surface area contributed by atoms with Crippen molar-refractivity contribution in [3.8, 4) is 0 Å². The molecule has 0 heteroatoms. The Morgan fingerprint density at radius 1 is 1.00 bits per heavy atom. The SMILES string of the molecule is C[C@H]1C[C@H]1CCC[C@H]1CCC[C@H]2C[C@@H]12. The highest BCUT2D eigenvalue weighted by molar-refractivity contribution is 4.94. The first-order valence-electron chi connectivity index (χ1n) is 6.84. The summed E-state index contributed by atoms with van der Waals surface area (Å²) in [6.45, 7) is 2.42. The van der Waals surface area contributed by atoms with Crippen LogP contribution in [0.1, 0.15) is 58.3 Å². The lowest BCUT2D eigenvalue weighted by atomic mass is 9.85. The Morgan fingerprint density at radius 2 is 1.79 bits per heavy atom. The Balaban J connectivity index is 1.36. The van der Waals surface area contributed by atoms with Crippen LogP contribution in [0, 0.1) is 29.6 Å². The van der Waals surface area contributed by atoms with Crippen molar-refractivity contribution in [2.75, 3.05) is 0 Å². The first kappa shape index (κ1) is 9.24. The lowest BCUT2D eigenvalue weighted by Gasteiger charge is -2.21. The van der Waals surface area contributed by atoms with Gasteiger partial charge in [-0.05, 0) is 42.4 Å². The summed E-state index contributed by atoms with van der Waals surface area (Å²) in [5.74, 6) is 5.75. The van der Waals surface area contributed by atoms with Crippen LogP contribution < -0.4 is 0 Å². The Kier molecular flexibility index (Phi) is 2.34. The van der Waals surface area contributed by atoms with E-state index in [0.29, 0.717) is 0 Å². The van der Waals surface area contributed by atoms with Gasteiger partial charge in [0.15, 0.2) is 0 Å². The molecule has 0 spiro atoms. The minimum Gasteiger partial charge on any atom is -0.0622 e. The Bertz CT molecular complexity index is 208. The number of hydrogen-bond donors (Lipinski definition) is 0. The molecule has 14 heavy (non-hydrogen) atoms. The lowest BCUT2D eigenvalue weighted by Crippen LogP contribution is -2.09.